The third-order valence-corrected chi connectivity index (χ3v) is 4.54. The summed E-state index contributed by atoms with van der Waals surface area (Å²) in [5.41, 5.74) is 1.13. The molecular formula is C21H23N3O6. The Hall–Kier alpha value is -3.54. The first-order valence-electron chi connectivity index (χ1n) is 9.42. The van der Waals surface area contributed by atoms with E-state index in [-0.39, 0.29) is 24.3 Å². The summed E-state index contributed by atoms with van der Waals surface area (Å²) >= 11 is 0. The van der Waals surface area contributed by atoms with Gasteiger partial charge in [0.2, 0.25) is 0 Å². The van der Waals surface area contributed by atoms with E-state index in [1.807, 2.05) is 6.07 Å². The number of rotatable bonds is 7. The third-order valence-electron chi connectivity index (χ3n) is 4.54. The van der Waals surface area contributed by atoms with E-state index in [2.05, 4.69) is 4.99 Å². The molecule has 1 heterocycles. The summed E-state index contributed by atoms with van der Waals surface area (Å²) in [5.74, 6) is -3.13. The van der Waals surface area contributed by atoms with Crippen LogP contribution in [0.2, 0.25) is 0 Å². The van der Waals surface area contributed by atoms with Crippen LogP contribution < -0.4 is 0 Å². The summed E-state index contributed by atoms with van der Waals surface area (Å²) in [6.07, 6.45) is -0.380. The molecule has 0 spiro atoms. The normalized spacial score (nSPS) is 18.5. The van der Waals surface area contributed by atoms with E-state index in [1.165, 1.54) is 18.2 Å². The van der Waals surface area contributed by atoms with Gasteiger partial charge in [-0.05, 0) is 33.3 Å². The van der Waals surface area contributed by atoms with Crippen molar-refractivity contribution < 1.29 is 24.0 Å². The topological polar surface area (TPSA) is 132 Å². The lowest BCUT2D eigenvalue weighted by Crippen LogP contribution is -2.37. The highest BCUT2D eigenvalue weighted by molar-refractivity contribution is 6.07. The van der Waals surface area contributed by atoms with Crippen molar-refractivity contribution in [2.45, 2.75) is 46.1 Å². The van der Waals surface area contributed by atoms with Gasteiger partial charge in [-0.1, -0.05) is 12.1 Å². The smallest absolute Gasteiger partial charge is 0.336 e. The summed E-state index contributed by atoms with van der Waals surface area (Å²) < 4.78 is 10.6. The summed E-state index contributed by atoms with van der Waals surface area (Å²) in [6, 6.07) is 7.65. The van der Waals surface area contributed by atoms with Crippen molar-refractivity contribution in [2.75, 3.05) is 6.61 Å². The highest BCUT2D eigenvalue weighted by Crippen LogP contribution is 2.41. The number of benzene rings is 1. The molecule has 0 bridgehead atoms. The van der Waals surface area contributed by atoms with Gasteiger partial charge >= 0.3 is 11.9 Å². The number of carbonyl (C=O) groups excluding carboxylic acids is 2. The lowest BCUT2D eigenvalue weighted by molar-refractivity contribution is -0.384. The molecule has 30 heavy (non-hydrogen) atoms. The molecule has 1 aromatic rings. The first-order chi connectivity index (χ1) is 14.2. The predicted octanol–water partition coefficient (Wildman–Crippen LogP) is 3.45. The van der Waals surface area contributed by atoms with E-state index in [1.54, 1.807) is 33.8 Å². The Morgan fingerprint density at radius 3 is 2.63 bits per heavy atom. The van der Waals surface area contributed by atoms with Crippen LogP contribution in [0.1, 0.15) is 45.6 Å². The van der Waals surface area contributed by atoms with Gasteiger partial charge in [-0.25, -0.2) is 4.79 Å². The number of carbonyl (C=O) groups is 2. The Morgan fingerprint density at radius 1 is 1.33 bits per heavy atom. The van der Waals surface area contributed by atoms with Crippen molar-refractivity contribution in [3.05, 3.63) is 51.2 Å². The summed E-state index contributed by atoms with van der Waals surface area (Å²) in [5, 5.41) is 20.0. The second-order valence-corrected chi connectivity index (χ2v) is 7.09. The van der Waals surface area contributed by atoms with E-state index in [0.29, 0.717) is 17.0 Å². The van der Waals surface area contributed by atoms with E-state index < -0.39 is 34.8 Å². The van der Waals surface area contributed by atoms with Gasteiger partial charge in [0.15, 0.2) is 0 Å². The average Bonchev–Trinajstić information content (AvgIpc) is 2.66. The van der Waals surface area contributed by atoms with Gasteiger partial charge in [0.25, 0.3) is 5.69 Å². The second-order valence-electron chi connectivity index (χ2n) is 7.09. The lowest BCUT2D eigenvalue weighted by Gasteiger charge is -2.32. The molecule has 2 unspecified atom stereocenters. The Morgan fingerprint density at radius 2 is 2.03 bits per heavy atom. The second kappa shape index (κ2) is 9.78. The Bertz CT molecular complexity index is 958. The number of hydrogen-bond donors (Lipinski definition) is 0. The zero-order chi connectivity index (χ0) is 22.4. The van der Waals surface area contributed by atoms with Crippen molar-refractivity contribution in [2.24, 2.45) is 10.9 Å². The fourth-order valence-corrected chi connectivity index (χ4v) is 3.37. The number of non-ortho nitro benzene ring substituents is 1. The van der Waals surface area contributed by atoms with Crippen LogP contribution in [0.3, 0.4) is 0 Å². The summed E-state index contributed by atoms with van der Waals surface area (Å²) in [6.45, 7) is 6.55. The number of nitro benzene ring substituents is 1. The molecule has 0 fully saturated rings. The molecule has 0 N–H and O–H groups in total. The van der Waals surface area contributed by atoms with Gasteiger partial charge in [-0.15, -0.1) is 0 Å². The van der Waals surface area contributed by atoms with E-state index in [0.717, 1.165) is 0 Å². The first-order valence-corrected chi connectivity index (χ1v) is 9.42. The fourth-order valence-electron chi connectivity index (χ4n) is 3.37. The largest absolute Gasteiger partial charge is 0.462 e. The van der Waals surface area contributed by atoms with Crippen molar-refractivity contribution in [1.29, 1.82) is 5.26 Å². The number of nitrogens with zero attached hydrogens (tertiary/aromatic N) is 3. The molecule has 158 valence electrons. The third kappa shape index (κ3) is 5.08. The Balaban J connectivity index is 2.61. The van der Waals surface area contributed by atoms with Gasteiger partial charge in [-0.2, -0.15) is 5.26 Å². The molecule has 0 saturated heterocycles. The summed E-state index contributed by atoms with van der Waals surface area (Å²) in [4.78, 5) is 40.8. The van der Waals surface area contributed by atoms with Crippen LogP contribution >= 0.6 is 0 Å². The molecule has 0 aromatic heterocycles. The zero-order valence-corrected chi connectivity index (χ0v) is 17.2. The molecular weight excluding hydrogens is 390 g/mol. The quantitative estimate of drug-likeness (QED) is 0.289. The minimum absolute atomic E-state index is 0.0145. The first kappa shape index (κ1) is 22.7. The minimum atomic E-state index is -0.948. The molecule has 1 aromatic carbocycles. The van der Waals surface area contributed by atoms with Gasteiger partial charge in [0, 0.05) is 29.5 Å². The molecule has 0 saturated carbocycles. The van der Waals surface area contributed by atoms with E-state index in [9.17, 15) is 19.7 Å². The van der Waals surface area contributed by atoms with Crippen LogP contribution in [0, 0.1) is 27.4 Å². The van der Waals surface area contributed by atoms with Crippen LogP contribution in [0.4, 0.5) is 5.69 Å². The number of nitro groups is 1. The van der Waals surface area contributed by atoms with Crippen LogP contribution in [-0.4, -0.2) is 35.3 Å². The van der Waals surface area contributed by atoms with Crippen molar-refractivity contribution in [3.8, 4) is 6.07 Å². The van der Waals surface area contributed by atoms with Crippen LogP contribution in [-0.2, 0) is 19.1 Å². The molecule has 9 nitrogen and oxygen atoms in total. The van der Waals surface area contributed by atoms with Crippen molar-refractivity contribution in [3.63, 3.8) is 0 Å². The van der Waals surface area contributed by atoms with Gasteiger partial charge in [0.05, 0.1) is 29.1 Å². The fraction of sp³-hybridized carbons (Fsp3) is 0.429. The molecule has 0 radical (unpaired) electrons. The van der Waals surface area contributed by atoms with Gasteiger partial charge in [0.1, 0.15) is 12.5 Å². The van der Waals surface area contributed by atoms with E-state index >= 15 is 0 Å². The van der Waals surface area contributed by atoms with Crippen molar-refractivity contribution in [1.82, 2.24) is 0 Å². The molecule has 1 aliphatic heterocycles. The van der Waals surface area contributed by atoms with E-state index in [4.69, 9.17) is 14.7 Å². The highest BCUT2D eigenvalue weighted by Gasteiger charge is 2.43. The molecule has 0 amide bonds. The van der Waals surface area contributed by atoms with Crippen LogP contribution in [0.15, 0.2) is 40.5 Å². The van der Waals surface area contributed by atoms with Crippen LogP contribution in [0.5, 0.6) is 0 Å². The van der Waals surface area contributed by atoms with Crippen molar-refractivity contribution >= 4 is 23.3 Å². The summed E-state index contributed by atoms with van der Waals surface area (Å²) in [7, 11) is 0. The van der Waals surface area contributed by atoms with Gasteiger partial charge in [-0.3, -0.25) is 19.9 Å². The molecule has 2 rings (SSSR count). The lowest BCUT2D eigenvalue weighted by atomic mass is 9.75. The average molecular weight is 413 g/mol. The molecule has 1 aliphatic rings. The maximum atomic E-state index is 12.9. The Labute approximate surface area is 174 Å². The zero-order valence-electron chi connectivity index (χ0n) is 17.2. The maximum absolute atomic E-state index is 12.9. The highest BCUT2D eigenvalue weighted by atomic mass is 16.6. The molecule has 9 heteroatoms. The standard InChI is InChI=1S/C21H23N3O6/c1-12(2)30-21(26)18-14(4)23-13(3)17(20(25)29-10-6-9-22)19(18)15-7-5-8-16(11-15)24(27)28/h5,7-8,11-12,18-19H,6,10H2,1-4H3. The van der Waals surface area contributed by atoms with Crippen LogP contribution in [0.25, 0.3) is 0 Å². The number of nitriles is 1. The molecule has 2 atom stereocenters. The predicted molar refractivity (Wildman–Crippen MR) is 108 cm³/mol. The Kier molecular flexibility index (Phi) is 7.42. The SMILES string of the molecule is CC1=NC(C)=C(C(=O)OCCC#N)C(c2cccc([N+](=O)[O-])c2)C1C(=O)OC(C)C. The maximum Gasteiger partial charge on any atom is 0.336 e. The number of ether oxygens (including phenoxy) is 2. The monoisotopic (exact) mass is 413 g/mol. The number of aliphatic imine (C=N–C) groups is 1. The molecule has 0 aliphatic carbocycles. The van der Waals surface area contributed by atoms with Gasteiger partial charge < -0.3 is 9.47 Å². The minimum Gasteiger partial charge on any atom is -0.462 e. The number of hydrogen-bond acceptors (Lipinski definition) is 8. The number of esters is 2. The number of allylic oxidation sites excluding steroid dienone is 1.